The summed E-state index contributed by atoms with van der Waals surface area (Å²) in [6.45, 7) is 4.92. The number of ketones is 1. The summed E-state index contributed by atoms with van der Waals surface area (Å²) in [5, 5.41) is 4.43. The van der Waals surface area contributed by atoms with E-state index in [-0.39, 0.29) is 17.1 Å². The Morgan fingerprint density at radius 3 is 2.37 bits per heavy atom. The fourth-order valence-corrected chi connectivity index (χ4v) is 7.26. The summed E-state index contributed by atoms with van der Waals surface area (Å²) in [6.07, 6.45) is 7.08. The fraction of sp³-hybridized carbons (Fsp3) is 0.294. The zero-order chi connectivity index (χ0) is 28.8. The number of Topliss-reactive ketones (excluding diaryl/α,β-unsaturated/α-hetero) is 1. The fourth-order valence-electron chi connectivity index (χ4n) is 5.74. The molecule has 1 aliphatic heterocycles. The van der Waals surface area contributed by atoms with Crippen LogP contribution >= 0.6 is 23.1 Å². The molecule has 0 radical (unpaired) electrons. The van der Waals surface area contributed by atoms with Gasteiger partial charge in [-0.2, -0.15) is 0 Å². The highest BCUT2D eigenvalue weighted by atomic mass is 32.2. The van der Waals surface area contributed by atoms with Crippen molar-refractivity contribution < 1.29 is 9.53 Å². The molecule has 2 atom stereocenters. The number of carbonyl (C=O) groups excluding carboxylic acids is 1. The van der Waals surface area contributed by atoms with E-state index >= 15 is 0 Å². The van der Waals surface area contributed by atoms with E-state index in [0.29, 0.717) is 19.6 Å². The van der Waals surface area contributed by atoms with Gasteiger partial charge in [0.1, 0.15) is 5.66 Å². The number of thioether (sulfide) groups is 1. The standard InChI is InChI=1S/C25H26N2O2S2.C9H10O/c1-26-25(27-13-15-29-16-14-27)12-11-21-22(23(25)17-7-9-18(30-2)10-8-17)24(28)19-5-3-4-6-20(19)31-21;1-2-9(10)8-6-4-3-5-7-8/h3-12,23,26H,13-16H2,1-2H3;3-7H,2H2,1H3. The van der Waals surface area contributed by atoms with Crippen molar-refractivity contribution in [3.63, 3.8) is 0 Å². The molecule has 0 amide bonds. The van der Waals surface area contributed by atoms with E-state index < -0.39 is 5.66 Å². The van der Waals surface area contributed by atoms with E-state index in [9.17, 15) is 9.59 Å². The maximum Gasteiger partial charge on any atom is 0.192 e. The number of benzene rings is 3. The zero-order valence-corrected chi connectivity index (χ0v) is 25.4. The molecule has 4 aromatic rings. The van der Waals surface area contributed by atoms with E-state index in [1.807, 2.05) is 68.6 Å². The second kappa shape index (κ2) is 13.3. The Morgan fingerprint density at radius 2 is 1.71 bits per heavy atom. The Hall–Kier alpha value is -3.07. The molecule has 41 heavy (non-hydrogen) atoms. The van der Waals surface area contributed by atoms with Crippen LogP contribution in [0.4, 0.5) is 0 Å². The third-order valence-electron chi connectivity index (χ3n) is 7.88. The lowest BCUT2D eigenvalue weighted by Crippen LogP contribution is -2.64. The number of nitrogens with one attached hydrogen (secondary N) is 1. The third kappa shape index (κ3) is 5.96. The summed E-state index contributed by atoms with van der Waals surface area (Å²) < 4.78 is 6.68. The largest absolute Gasteiger partial charge is 0.379 e. The molecular weight excluding hydrogens is 549 g/mol. The Bertz CT molecular complexity index is 1580. The van der Waals surface area contributed by atoms with E-state index in [1.165, 1.54) is 4.90 Å². The van der Waals surface area contributed by atoms with Crippen molar-refractivity contribution in [2.75, 3.05) is 39.6 Å². The maximum absolute atomic E-state index is 13.9. The molecule has 1 saturated heterocycles. The van der Waals surface area contributed by atoms with Crippen LogP contribution in [0.15, 0.2) is 94.6 Å². The van der Waals surface area contributed by atoms with Crippen LogP contribution in [-0.4, -0.2) is 56.0 Å². The second-order valence-electron chi connectivity index (χ2n) is 10.1. The monoisotopic (exact) mass is 584 g/mol. The molecule has 0 spiro atoms. The van der Waals surface area contributed by atoms with Crippen molar-refractivity contribution in [1.82, 2.24) is 10.2 Å². The molecule has 2 heterocycles. The molecule has 1 fully saturated rings. The molecule has 0 saturated carbocycles. The first-order valence-electron chi connectivity index (χ1n) is 14.0. The van der Waals surface area contributed by atoms with E-state index in [2.05, 4.69) is 52.9 Å². The number of hydrogen-bond donors (Lipinski definition) is 1. The first-order chi connectivity index (χ1) is 20.0. The first-order valence-corrected chi connectivity index (χ1v) is 16.1. The SMILES string of the molecule is CCC(=O)c1ccccc1.CNC1(N2CCOCC2)C=Cc2sc3ccccc3c(=O)c2C1c1ccc(SC)cc1. The van der Waals surface area contributed by atoms with Gasteiger partial charge in [-0.3, -0.25) is 19.8 Å². The van der Waals surface area contributed by atoms with Gasteiger partial charge in [0.25, 0.3) is 0 Å². The number of hydrogen-bond acceptors (Lipinski definition) is 7. The molecule has 0 bridgehead atoms. The van der Waals surface area contributed by atoms with Crippen molar-refractivity contribution in [3.8, 4) is 0 Å². The Kier molecular flexibility index (Phi) is 9.53. The summed E-state index contributed by atoms with van der Waals surface area (Å²) in [5.41, 5.74) is 2.52. The molecule has 212 valence electrons. The van der Waals surface area contributed by atoms with Gasteiger partial charge < -0.3 is 4.74 Å². The molecule has 7 heteroatoms. The molecule has 3 aromatic carbocycles. The highest BCUT2D eigenvalue weighted by Gasteiger charge is 2.47. The molecule has 1 aliphatic carbocycles. The average Bonchev–Trinajstić information content (AvgIpc) is 3.05. The van der Waals surface area contributed by atoms with Crippen LogP contribution < -0.4 is 10.7 Å². The van der Waals surface area contributed by atoms with Crippen molar-refractivity contribution in [2.24, 2.45) is 0 Å². The van der Waals surface area contributed by atoms with Gasteiger partial charge in [-0.15, -0.1) is 23.1 Å². The van der Waals surface area contributed by atoms with Crippen LogP contribution in [0.5, 0.6) is 0 Å². The minimum atomic E-state index is -0.480. The number of rotatable bonds is 6. The molecular formula is C34H36N2O3S2. The maximum atomic E-state index is 13.9. The summed E-state index contributed by atoms with van der Waals surface area (Å²) >= 11 is 3.44. The van der Waals surface area contributed by atoms with Crippen LogP contribution in [0.2, 0.25) is 0 Å². The highest BCUT2D eigenvalue weighted by Crippen LogP contribution is 2.44. The summed E-state index contributed by atoms with van der Waals surface area (Å²) in [5.74, 6) is 0.0977. The van der Waals surface area contributed by atoms with Gasteiger partial charge >= 0.3 is 0 Å². The molecule has 2 aliphatic rings. The third-order valence-corrected chi connectivity index (χ3v) is 9.78. The van der Waals surface area contributed by atoms with E-state index in [0.717, 1.165) is 44.7 Å². The number of nitrogens with zero attached hydrogens (tertiary/aromatic N) is 1. The first kappa shape index (κ1) is 29.4. The van der Waals surface area contributed by atoms with E-state index in [4.69, 9.17) is 4.74 Å². The van der Waals surface area contributed by atoms with Gasteiger partial charge in [-0.25, -0.2) is 0 Å². The Labute approximate surface area is 250 Å². The number of carbonyl (C=O) groups is 1. The molecule has 5 nitrogen and oxygen atoms in total. The van der Waals surface area contributed by atoms with Crippen molar-refractivity contribution in [3.05, 3.63) is 117 Å². The number of fused-ring (bicyclic) bond motifs is 2. The Morgan fingerprint density at radius 1 is 1.02 bits per heavy atom. The van der Waals surface area contributed by atoms with Gasteiger partial charge in [-0.05, 0) is 55.3 Å². The Balaban J connectivity index is 0.000000287. The number of morpholine rings is 1. The lowest BCUT2D eigenvalue weighted by atomic mass is 9.75. The molecule has 1 aromatic heterocycles. The van der Waals surface area contributed by atoms with Crippen molar-refractivity contribution in [1.29, 1.82) is 0 Å². The van der Waals surface area contributed by atoms with Crippen LogP contribution in [0.1, 0.15) is 45.6 Å². The van der Waals surface area contributed by atoms with E-state index in [1.54, 1.807) is 23.1 Å². The van der Waals surface area contributed by atoms with Crippen molar-refractivity contribution in [2.45, 2.75) is 29.8 Å². The minimum absolute atomic E-state index is 0.111. The number of likely N-dealkylation sites (N-methyl/N-ethyl adjacent to an activating group) is 1. The quantitative estimate of drug-likeness (QED) is 0.202. The summed E-state index contributed by atoms with van der Waals surface area (Å²) in [7, 11) is 2.00. The normalized spacial score (nSPS) is 20.2. The highest BCUT2D eigenvalue weighted by molar-refractivity contribution is 7.98. The second-order valence-corrected chi connectivity index (χ2v) is 12.0. The van der Waals surface area contributed by atoms with Gasteiger partial charge in [0.15, 0.2) is 11.2 Å². The zero-order valence-electron chi connectivity index (χ0n) is 23.8. The lowest BCUT2D eigenvalue weighted by Gasteiger charge is -2.50. The van der Waals surface area contributed by atoms with Crippen LogP contribution in [0, 0.1) is 0 Å². The van der Waals surface area contributed by atoms with Gasteiger partial charge in [0, 0.05) is 56.4 Å². The minimum Gasteiger partial charge on any atom is -0.379 e. The van der Waals surface area contributed by atoms with Crippen molar-refractivity contribution >= 4 is 45.0 Å². The summed E-state index contributed by atoms with van der Waals surface area (Å²) in [6, 6.07) is 26.0. The predicted molar refractivity (Wildman–Crippen MR) is 172 cm³/mol. The smallest absolute Gasteiger partial charge is 0.192 e. The van der Waals surface area contributed by atoms with Gasteiger partial charge in [-0.1, -0.05) is 61.5 Å². The number of ether oxygens (including phenoxy) is 1. The molecule has 6 rings (SSSR count). The van der Waals surface area contributed by atoms with Gasteiger partial charge in [0.05, 0.1) is 13.2 Å². The lowest BCUT2D eigenvalue weighted by molar-refractivity contribution is -0.0212. The van der Waals surface area contributed by atoms with Crippen LogP contribution in [0.25, 0.3) is 16.2 Å². The van der Waals surface area contributed by atoms with Crippen LogP contribution in [0.3, 0.4) is 0 Å². The summed E-state index contributed by atoms with van der Waals surface area (Å²) in [4.78, 5) is 29.6. The topological polar surface area (TPSA) is 58.6 Å². The predicted octanol–water partition coefficient (Wildman–Crippen LogP) is 6.67. The van der Waals surface area contributed by atoms with Crippen LogP contribution in [-0.2, 0) is 4.74 Å². The van der Waals surface area contributed by atoms with Gasteiger partial charge in [0.2, 0.25) is 0 Å². The molecule has 1 N–H and O–H groups in total. The molecule has 2 unspecified atom stereocenters. The average molecular weight is 585 g/mol.